The van der Waals surface area contributed by atoms with Crippen LogP contribution in [0.25, 0.3) is 11.3 Å². The maximum absolute atomic E-state index is 13.2. The monoisotopic (exact) mass is 396 g/mol. The van der Waals surface area contributed by atoms with Crippen LogP contribution in [0, 0.1) is 19.7 Å². The van der Waals surface area contributed by atoms with Crippen LogP contribution in [0.4, 0.5) is 4.39 Å². The predicted molar refractivity (Wildman–Crippen MR) is 107 cm³/mol. The maximum Gasteiger partial charge on any atom is 0.227 e. The number of hydrogen-bond acceptors (Lipinski definition) is 4. The molecule has 7 heteroatoms. The normalized spacial score (nSPS) is 17.0. The van der Waals surface area contributed by atoms with Gasteiger partial charge in [-0.1, -0.05) is 17.3 Å². The zero-order chi connectivity index (χ0) is 20.5. The second-order valence-electron chi connectivity index (χ2n) is 7.73. The number of benzene rings is 1. The minimum atomic E-state index is -0.298. The fraction of sp³-hybridized carbons (Fsp3) is 0.409. The summed E-state index contributed by atoms with van der Waals surface area (Å²) in [6, 6.07) is 6.00. The van der Waals surface area contributed by atoms with Crippen molar-refractivity contribution in [1.29, 1.82) is 0 Å². The summed E-state index contributed by atoms with van der Waals surface area (Å²) < 4.78 is 20.5. The number of halogens is 1. The summed E-state index contributed by atoms with van der Waals surface area (Å²) in [5.41, 5.74) is 4.38. The molecule has 0 bridgehead atoms. The summed E-state index contributed by atoms with van der Waals surface area (Å²) in [6.07, 6.45) is 5.04. The van der Waals surface area contributed by atoms with Crippen LogP contribution in [0.15, 0.2) is 35.0 Å². The van der Waals surface area contributed by atoms with E-state index in [0.717, 1.165) is 47.3 Å². The lowest BCUT2D eigenvalue weighted by Gasteiger charge is -2.35. The third kappa shape index (κ3) is 3.81. The molecule has 152 valence electrons. The molecule has 0 aliphatic carbocycles. The van der Waals surface area contributed by atoms with Gasteiger partial charge in [-0.05, 0) is 50.8 Å². The predicted octanol–water partition coefficient (Wildman–Crippen LogP) is 4.13. The summed E-state index contributed by atoms with van der Waals surface area (Å²) >= 11 is 0. The third-order valence-corrected chi connectivity index (χ3v) is 5.67. The second-order valence-corrected chi connectivity index (χ2v) is 7.73. The molecule has 0 spiro atoms. The molecule has 0 saturated carbocycles. The van der Waals surface area contributed by atoms with Gasteiger partial charge in [0.1, 0.15) is 5.82 Å². The molecule has 1 fully saturated rings. The van der Waals surface area contributed by atoms with Crippen molar-refractivity contribution in [3.63, 3.8) is 0 Å². The Bertz CT molecular complexity index is 1020. The molecule has 1 aromatic carbocycles. The zero-order valence-corrected chi connectivity index (χ0v) is 17.0. The van der Waals surface area contributed by atoms with E-state index < -0.39 is 0 Å². The van der Waals surface area contributed by atoms with Crippen LogP contribution >= 0.6 is 0 Å². The van der Waals surface area contributed by atoms with E-state index in [-0.39, 0.29) is 24.2 Å². The van der Waals surface area contributed by atoms with Gasteiger partial charge < -0.3 is 9.42 Å². The van der Waals surface area contributed by atoms with Crippen molar-refractivity contribution in [2.24, 2.45) is 7.05 Å². The van der Waals surface area contributed by atoms with Crippen LogP contribution in [-0.4, -0.2) is 32.3 Å². The number of aryl methyl sites for hydroxylation is 2. The van der Waals surface area contributed by atoms with Crippen molar-refractivity contribution in [1.82, 2.24) is 19.8 Å². The molecule has 3 aromatic rings. The Kier molecular flexibility index (Phi) is 5.22. The first-order valence-corrected chi connectivity index (χ1v) is 9.94. The quantitative estimate of drug-likeness (QED) is 0.665. The number of likely N-dealkylation sites (tertiary alicyclic amines) is 1. The number of hydrogen-bond donors (Lipinski definition) is 0. The summed E-state index contributed by atoms with van der Waals surface area (Å²) in [5, 5.41) is 8.78. The Balaban J connectivity index is 1.65. The Labute approximate surface area is 169 Å². The smallest absolute Gasteiger partial charge is 0.227 e. The fourth-order valence-corrected chi connectivity index (χ4v) is 3.99. The van der Waals surface area contributed by atoms with Gasteiger partial charge in [0.05, 0.1) is 29.4 Å². The molecule has 1 aliphatic heterocycles. The highest BCUT2D eigenvalue weighted by Crippen LogP contribution is 2.37. The molecule has 1 aliphatic rings. The average molecular weight is 396 g/mol. The summed E-state index contributed by atoms with van der Waals surface area (Å²) in [4.78, 5) is 15.0. The number of rotatable bonds is 4. The van der Waals surface area contributed by atoms with Crippen molar-refractivity contribution < 1.29 is 13.7 Å². The van der Waals surface area contributed by atoms with E-state index in [4.69, 9.17) is 9.62 Å². The molecule has 0 N–H and O–H groups in total. The molecule has 0 unspecified atom stereocenters. The van der Waals surface area contributed by atoms with Crippen molar-refractivity contribution in [2.75, 3.05) is 6.54 Å². The molecular formula is C22H25FN4O2. The van der Waals surface area contributed by atoms with Crippen LogP contribution in [0.5, 0.6) is 0 Å². The first-order chi connectivity index (χ1) is 13.9. The standard InChI is InChI=1S/C22H25FN4O2/c1-14-15(2)25-29-22(14)18-13-26(3)24-21(18)19-6-4-5-11-27(19)20(28)12-16-7-9-17(23)10-8-16/h7-10,13,19H,4-6,11-12H2,1-3H3/t19-/m1/s1. The lowest BCUT2D eigenvalue weighted by molar-refractivity contribution is -0.134. The third-order valence-electron chi connectivity index (χ3n) is 5.67. The van der Waals surface area contributed by atoms with Gasteiger partial charge in [-0.2, -0.15) is 5.10 Å². The number of carbonyl (C=O) groups excluding carboxylic acids is 1. The SMILES string of the molecule is Cc1noc(-c2cn(C)nc2[C@H]2CCCCN2C(=O)Cc2ccc(F)cc2)c1C. The Morgan fingerprint density at radius 1 is 1.24 bits per heavy atom. The van der Waals surface area contributed by atoms with Gasteiger partial charge in [-0.3, -0.25) is 9.48 Å². The lowest BCUT2D eigenvalue weighted by Crippen LogP contribution is -2.39. The number of piperidine rings is 1. The molecule has 2 aromatic heterocycles. The molecule has 29 heavy (non-hydrogen) atoms. The summed E-state index contributed by atoms with van der Waals surface area (Å²) in [7, 11) is 1.87. The van der Waals surface area contributed by atoms with E-state index >= 15 is 0 Å². The van der Waals surface area contributed by atoms with Gasteiger partial charge >= 0.3 is 0 Å². The van der Waals surface area contributed by atoms with Crippen molar-refractivity contribution in [2.45, 2.75) is 45.6 Å². The lowest BCUT2D eigenvalue weighted by atomic mass is 9.94. The highest BCUT2D eigenvalue weighted by atomic mass is 19.1. The minimum Gasteiger partial charge on any atom is -0.356 e. The van der Waals surface area contributed by atoms with Gasteiger partial charge in [0, 0.05) is 25.4 Å². The second kappa shape index (κ2) is 7.81. The Morgan fingerprint density at radius 2 is 2.00 bits per heavy atom. The number of amides is 1. The molecular weight excluding hydrogens is 371 g/mol. The first kappa shape index (κ1) is 19.4. The van der Waals surface area contributed by atoms with E-state index in [2.05, 4.69) is 5.16 Å². The minimum absolute atomic E-state index is 0.0309. The highest BCUT2D eigenvalue weighted by molar-refractivity contribution is 5.80. The average Bonchev–Trinajstić information content (AvgIpc) is 3.25. The molecule has 1 saturated heterocycles. The fourth-order valence-electron chi connectivity index (χ4n) is 3.99. The van der Waals surface area contributed by atoms with Crippen LogP contribution in [0.2, 0.25) is 0 Å². The van der Waals surface area contributed by atoms with E-state index in [1.54, 1.807) is 16.8 Å². The molecule has 1 amide bonds. The topological polar surface area (TPSA) is 64.2 Å². The highest BCUT2D eigenvalue weighted by Gasteiger charge is 2.33. The maximum atomic E-state index is 13.2. The summed E-state index contributed by atoms with van der Waals surface area (Å²) in [6.45, 7) is 4.59. The van der Waals surface area contributed by atoms with E-state index in [1.807, 2.05) is 32.0 Å². The van der Waals surface area contributed by atoms with E-state index in [9.17, 15) is 9.18 Å². The van der Waals surface area contributed by atoms with Crippen LogP contribution in [-0.2, 0) is 18.3 Å². The van der Waals surface area contributed by atoms with Gasteiger partial charge in [-0.25, -0.2) is 4.39 Å². The Hall–Kier alpha value is -2.96. The van der Waals surface area contributed by atoms with Gasteiger partial charge in [0.15, 0.2) is 5.76 Å². The summed E-state index contributed by atoms with van der Waals surface area (Å²) in [5.74, 6) is 0.443. The number of aromatic nitrogens is 3. The van der Waals surface area contributed by atoms with Gasteiger partial charge in [-0.15, -0.1) is 0 Å². The zero-order valence-electron chi connectivity index (χ0n) is 17.0. The molecule has 6 nitrogen and oxygen atoms in total. The van der Waals surface area contributed by atoms with E-state index in [0.29, 0.717) is 12.3 Å². The van der Waals surface area contributed by atoms with Crippen LogP contribution in [0.1, 0.15) is 47.8 Å². The first-order valence-electron chi connectivity index (χ1n) is 9.94. The van der Waals surface area contributed by atoms with Crippen LogP contribution < -0.4 is 0 Å². The van der Waals surface area contributed by atoms with Gasteiger partial charge in [0.2, 0.25) is 5.91 Å². The van der Waals surface area contributed by atoms with Crippen LogP contribution in [0.3, 0.4) is 0 Å². The van der Waals surface area contributed by atoms with Crippen molar-refractivity contribution in [3.05, 3.63) is 58.8 Å². The molecule has 1 atom stereocenters. The number of carbonyl (C=O) groups is 1. The van der Waals surface area contributed by atoms with Crippen molar-refractivity contribution in [3.8, 4) is 11.3 Å². The van der Waals surface area contributed by atoms with E-state index in [1.165, 1.54) is 12.1 Å². The molecule has 4 rings (SSSR count). The molecule has 0 radical (unpaired) electrons. The largest absolute Gasteiger partial charge is 0.356 e. The van der Waals surface area contributed by atoms with Crippen molar-refractivity contribution >= 4 is 5.91 Å². The number of nitrogens with zero attached hydrogens (tertiary/aromatic N) is 4. The molecule has 3 heterocycles. The Morgan fingerprint density at radius 3 is 2.69 bits per heavy atom. The van der Waals surface area contributed by atoms with Gasteiger partial charge in [0.25, 0.3) is 0 Å².